The molecule has 88 valence electrons. The maximum atomic E-state index is 12.5. The number of amides is 1. The molecular weight excluding hydrogens is 209 g/mol. The Morgan fingerprint density at radius 2 is 2.07 bits per heavy atom. The summed E-state index contributed by atoms with van der Waals surface area (Å²) < 4.78 is 37.4. The van der Waals surface area contributed by atoms with Gasteiger partial charge in [0.2, 0.25) is 5.91 Å². The molecule has 0 bridgehead atoms. The Morgan fingerprint density at radius 1 is 1.53 bits per heavy atom. The molecule has 15 heavy (non-hydrogen) atoms. The van der Waals surface area contributed by atoms with Crippen molar-refractivity contribution < 1.29 is 18.0 Å². The van der Waals surface area contributed by atoms with Gasteiger partial charge in [-0.15, -0.1) is 0 Å². The van der Waals surface area contributed by atoms with Crippen LogP contribution in [0.5, 0.6) is 0 Å². The summed E-state index contributed by atoms with van der Waals surface area (Å²) in [6.45, 7) is 1.81. The van der Waals surface area contributed by atoms with Crippen LogP contribution in [0, 0.1) is 5.92 Å². The summed E-state index contributed by atoms with van der Waals surface area (Å²) >= 11 is 0. The number of nitrogens with one attached hydrogen (secondary N) is 1. The summed E-state index contributed by atoms with van der Waals surface area (Å²) in [5.41, 5.74) is 3.32. The highest BCUT2D eigenvalue weighted by atomic mass is 19.4. The minimum atomic E-state index is -4.35. The zero-order valence-electron chi connectivity index (χ0n) is 8.53. The molecule has 1 amide bonds. The van der Waals surface area contributed by atoms with Crippen LogP contribution in [0.4, 0.5) is 13.2 Å². The molecule has 0 radical (unpaired) electrons. The van der Waals surface area contributed by atoms with E-state index in [0.717, 1.165) is 0 Å². The van der Waals surface area contributed by atoms with Crippen molar-refractivity contribution in [1.29, 1.82) is 0 Å². The van der Waals surface area contributed by atoms with Crippen molar-refractivity contribution >= 4 is 5.91 Å². The highest BCUT2D eigenvalue weighted by Crippen LogP contribution is 2.49. The second-order valence-electron chi connectivity index (χ2n) is 3.91. The molecule has 0 heterocycles. The van der Waals surface area contributed by atoms with E-state index in [1.807, 2.05) is 0 Å². The molecule has 0 aromatic carbocycles. The summed E-state index contributed by atoms with van der Waals surface area (Å²) in [6, 6.07) is 0. The van der Waals surface area contributed by atoms with E-state index < -0.39 is 23.5 Å². The van der Waals surface area contributed by atoms with Gasteiger partial charge < -0.3 is 11.1 Å². The quantitative estimate of drug-likeness (QED) is 0.753. The minimum Gasteiger partial charge on any atom is -0.342 e. The zero-order valence-corrected chi connectivity index (χ0v) is 8.53. The van der Waals surface area contributed by atoms with Crippen molar-refractivity contribution in [2.45, 2.75) is 37.9 Å². The molecule has 0 aromatic heterocycles. The van der Waals surface area contributed by atoms with Crippen LogP contribution in [-0.4, -0.2) is 24.2 Å². The molecule has 1 fully saturated rings. The lowest BCUT2D eigenvalue weighted by atomic mass is 10.1. The Balaban J connectivity index is 2.59. The fraction of sp³-hybridized carbons (Fsp3) is 0.889. The van der Waals surface area contributed by atoms with Gasteiger partial charge in [-0.2, -0.15) is 13.2 Å². The smallest absolute Gasteiger partial charge is 0.342 e. The molecule has 1 saturated carbocycles. The molecule has 1 aliphatic rings. The van der Waals surface area contributed by atoms with Crippen LogP contribution in [0.3, 0.4) is 0 Å². The van der Waals surface area contributed by atoms with Crippen LogP contribution in [0.2, 0.25) is 0 Å². The van der Waals surface area contributed by atoms with E-state index in [9.17, 15) is 18.0 Å². The van der Waals surface area contributed by atoms with Gasteiger partial charge in [-0.1, -0.05) is 6.92 Å². The van der Waals surface area contributed by atoms with Crippen LogP contribution >= 0.6 is 0 Å². The molecule has 0 aromatic rings. The number of hydrogen-bond acceptors (Lipinski definition) is 2. The largest absolute Gasteiger partial charge is 0.411 e. The Kier molecular flexibility index (Phi) is 3.28. The molecule has 1 unspecified atom stereocenters. The average Bonchev–Trinajstić information content (AvgIpc) is 2.86. The van der Waals surface area contributed by atoms with Crippen LogP contribution < -0.4 is 11.1 Å². The fourth-order valence-corrected chi connectivity index (χ4v) is 1.40. The standard InChI is InChI=1S/C9H15F3N2O/c1-2-6(5-13)7(15)14-8(3-4-8)9(10,11)12/h6H,2-5,13H2,1H3,(H,14,15). The Labute approximate surface area is 86.2 Å². The summed E-state index contributed by atoms with van der Waals surface area (Å²) in [7, 11) is 0. The second-order valence-corrected chi connectivity index (χ2v) is 3.91. The molecule has 1 atom stereocenters. The summed E-state index contributed by atoms with van der Waals surface area (Å²) in [6.07, 6.45) is -3.95. The van der Waals surface area contributed by atoms with E-state index in [0.29, 0.717) is 6.42 Å². The predicted molar refractivity (Wildman–Crippen MR) is 49.0 cm³/mol. The first-order valence-corrected chi connectivity index (χ1v) is 4.95. The topological polar surface area (TPSA) is 55.1 Å². The summed E-state index contributed by atoms with van der Waals surface area (Å²) in [5, 5.41) is 2.07. The molecule has 0 aliphatic heterocycles. The van der Waals surface area contributed by atoms with Gasteiger partial charge in [-0.05, 0) is 19.3 Å². The highest BCUT2D eigenvalue weighted by molar-refractivity contribution is 5.80. The van der Waals surface area contributed by atoms with Crippen molar-refractivity contribution in [3.63, 3.8) is 0 Å². The van der Waals surface area contributed by atoms with Crippen LogP contribution in [0.15, 0.2) is 0 Å². The Bertz CT molecular complexity index is 244. The van der Waals surface area contributed by atoms with E-state index in [1.54, 1.807) is 6.92 Å². The molecular formula is C9H15F3N2O. The number of alkyl halides is 3. The molecule has 0 saturated heterocycles. The maximum absolute atomic E-state index is 12.5. The van der Waals surface area contributed by atoms with E-state index >= 15 is 0 Å². The maximum Gasteiger partial charge on any atom is 0.411 e. The number of carbonyl (C=O) groups excluding carboxylic acids is 1. The monoisotopic (exact) mass is 224 g/mol. The average molecular weight is 224 g/mol. The lowest BCUT2D eigenvalue weighted by Gasteiger charge is -2.23. The van der Waals surface area contributed by atoms with Gasteiger partial charge in [0.05, 0.1) is 0 Å². The van der Waals surface area contributed by atoms with Gasteiger partial charge in [-0.3, -0.25) is 4.79 Å². The van der Waals surface area contributed by atoms with E-state index in [-0.39, 0.29) is 19.4 Å². The summed E-state index contributed by atoms with van der Waals surface area (Å²) in [4.78, 5) is 11.4. The van der Waals surface area contributed by atoms with Gasteiger partial charge in [0.15, 0.2) is 0 Å². The fourth-order valence-electron chi connectivity index (χ4n) is 1.40. The molecule has 3 N–H and O–H groups in total. The minimum absolute atomic E-state index is 0.0246. The third kappa shape index (κ3) is 2.42. The van der Waals surface area contributed by atoms with Crippen molar-refractivity contribution in [1.82, 2.24) is 5.32 Å². The lowest BCUT2D eigenvalue weighted by molar-refractivity contribution is -0.171. The van der Waals surface area contributed by atoms with Crippen LogP contribution in [0.25, 0.3) is 0 Å². The van der Waals surface area contributed by atoms with E-state index in [1.165, 1.54) is 0 Å². The third-order valence-corrected chi connectivity index (χ3v) is 2.80. The zero-order chi connectivity index (χ0) is 11.7. The molecule has 0 spiro atoms. The molecule has 3 nitrogen and oxygen atoms in total. The third-order valence-electron chi connectivity index (χ3n) is 2.80. The molecule has 6 heteroatoms. The van der Waals surface area contributed by atoms with Gasteiger partial charge in [0.1, 0.15) is 5.54 Å². The van der Waals surface area contributed by atoms with E-state index in [4.69, 9.17) is 5.73 Å². The van der Waals surface area contributed by atoms with Gasteiger partial charge in [0.25, 0.3) is 0 Å². The predicted octanol–water partition coefficient (Wildman–Crippen LogP) is 1.18. The SMILES string of the molecule is CCC(CN)C(=O)NC1(C(F)(F)F)CC1. The first kappa shape index (κ1) is 12.3. The first-order chi connectivity index (χ1) is 6.86. The number of hydrogen-bond donors (Lipinski definition) is 2. The molecule has 1 rings (SSSR count). The van der Waals surface area contributed by atoms with Crippen molar-refractivity contribution in [2.24, 2.45) is 11.7 Å². The van der Waals surface area contributed by atoms with Crippen molar-refractivity contribution in [2.75, 3.05) is 6.54 Å². The molecule has 1 aliphatic carbocycles. The van der Waals surface area contributed by atoms with Crippen molar-refractivity contribution in [3.8, 4) is 0 Å². The number of nitrogens with two attached hydrogens (primary N) is 1. The second kappa shape index (κ2) is 4.00. The normalized spacial score (nSPS) is 20.9. The summed E-state index contributed by atoms with van der Waals surface area (Å²) in [5.74, 6) is -1.11. The van der Waals surface area contributed by atoms with Gasteiger partial charge >= 0.3 is 6.18 Å². The Morgan fingerprint density at radius 3 is 2.33 bits per heavy atom. The van der Waals surface area contributed by atoms with E-state index in [2.05, 4.69) is 5.32 Å². The van der Waals surface area contributed by atoms with Crippen LogP contribution in [0.1, 0.15) is 26.2 Å². The Hall–Kier alpha value is -0.780. The van der Waals surface area contributed by atoms with Crippen LogP contribution in [-0.2, 0) is 4.79 Å². The number of rotatable bonds is 4. The van der Waals surface area contributed by atoms with Gasteiger partial charge in [0, 0.05) is 12.5 Å². The van der Waals surface area contributed by atoms with Crippen molar-refractivity contribution in [3.05, 3.63) is 0 Å². The van der Waals surface area contributed by atoms with Gasteiger partial charge in [-0.25, -0.2) is 0 Å². The highest BCUT2D eigenvalue weighted by Gasteiger charge is 2.64. The number of halogens is 3. The first-order valence-electron chi connectivity index (χ1n) is 4.95. The number of carbonyl (C=O) groups is 1. The lowest BCUT2D eigenvalue weighted by Crippen LogP contribution is -2.50.